The van der Waals surface area contributed by atoms with Crippen molar-refractivity contribution in [1.82, 2.24) is 5.32 Å². The van der Waals surface area contributed by atoms with Gasteiger partial charge in [-0.1, -0.05) is 48.5 Å². The Morgan fingerprint density at radius 3 is 2.03 bits per heavy atom. The quantitative estimate of drug-likeness (QED) is 0.703. The molecule has 0 spiro atoms. The number of carboxylic acids is 1. The van der Waals surface area contributed by atoms with Crippen LogP contribution in [0.5, 0.6) is 0 Å². The molecule has 0 heterocycles. The van der Waals surface area contributed by atoms with Gasteiger partial charge in [0, 0.05) is 5.92 Å². The zero-order valence-corrected chi connectivity index (χ0v) is 17.2. The molecular formula is C23H25NO6. The first-order chi connectivity index (χ1) is 14.2. The number of nitrogens with one attached hydrogen (secondary N) is 1. The van der Waals surface area contributed by atoms with Crippen LogP contribution in [0.25, 0.3) is 11.1 Å². The Labute approximate surface area is 175 Å². The largest absolute Gasteiger partial charge is 0.480 e. The van der Waals surface area contributed by atoms with Gasteiger partial charge in [0.25, 0.3) is 0 Å². The van der Waals surface area contributed by atoms with Crippen LogP contribution in [-0.2, 0) is 19.1 Å². The zero-order valence-electron chi connectivity index (χ0n) is 17.2. The van der Waals surface area contributed by atoms with Gasteiger partial charge in [0.05, 0.1) is 6.42 Å². The number of carboxylic acid groups (broad SMARTS) is 1. The highest BCUT2D eigenvalue weighted by molar-refractivity contribution is 5.85. The van der Waals surface area contributed by atoms with Crippen LogP contribution in [0.2, 0.25) is 0 Å². The van der Waals surface area contributed by atoms with E-state index in [4.69, 9.17) is 9.47 Å². The smallest absolute Gasteiger partial charge is 0.407 e. The third-order valence-electron chi connectivity index (χ3n) is 4.72. The molecule has 0 radical (unpaired) electrons. The summed E-state index contributed by atoms with van der Waals surface area (Å²) in [5.41, 5.74) is 3.54. The molecule has 2 N–H and O–H groups in total. The van der Waals surface area contributed by atoms with Crippen LogP contribution in [0.1, 0.15) is 44.2 Å². The number of alkyl carbamates (subject to hydrolysis) is 1. The van der Waals surface area contributed by atoms with Gasteiger partial charge in [0.2, 0.25) is 0 Å². The van der Waals surface area contributed by atoms with Gasteiger partial charge < -0.3 is 19.9 Å². The number of ether oxygens (including phenoxy) is 2. The van der Waals surface area contributed by atoms with E-state index in [0.717, 1.165) is 22.3 Å². The first-order valence-corrected chi connectivity index (χ1v) is 9.72. The van der Waals surface area contributed by atoms with Gasteiger partial charge in [-0.05, 0) is 43.0 Å². The highest BCUT2D eigenvalue weighted by atomic mass is 16.6. The van der Waals surface area contributed by atoms with Crippen molar-refractivity contribution >= 4 is 18.0 Å². The van der Waals surface area contributed by atoms with Gasteiger partial charge >= 0.3 is 18.0 Å². The average Bonchev–Trinajstić information content (AvgIpc) is 2.98. The summed E-state index contributed by atoms with van der Waals surface area (Å²) >= 11 is 0. The molecular weight excluding hydrogens is 386 g/mol. The first-order valence-electron chi connectivity index (χ1n) is 9.72. The molecule has 1 aliphatic rings. The van der Waals surface area contributed by atoms with Gasteiger partial charge in [-0.3, -0.25) is 4.79 Å². The van der Waals surface area contributed by atoms with Gasteiger partial charge in [-0.25, -0.2) is 9.59 Å². The molecule has 1 atom stereocenters. The highest BCUT2D eigenvalue weighted by Crippen LogP contribution is 2.44. The van der Waals surface area contributed by atoms with Crippen LogP contribution < -0.4 is 5.32 Å². The van der Waals surface area contributed by atoms with Crippen molar-refractivity contribution in [3.05, 3.63) is 59.7 Å². The fourth-order valence-corrected chi connectivity index (χ4v) is 3.53. The number of hydrogen-bond acceptors (Lipinski definition) is 5. The molecule has 1 aliphatic carbocycles. The Hall–Kier alpha value is -3.35. The average molecular weight is 411 g/mol. The minimum absolute atomic E-state index is 0.0542. The van der Waals surface area contributed by atoms with Gasteiger partial charge in [0.1, 0.15) is 18.2 Å². The maximum Gasteiger partial charge on any atom is 0.407 e. The van der Waals surface area contributed by atoms with E-state index in [0.29, 0.717) is 0 Å². The summed E-state index contributed by atoms with van der Waals surface area (Å²) in [6, 6.07) is 14.4. The molecule has 30 heavy (non-hydrogen) atoms. The molecule has 0 fully saturated rings. The summed E-state index contributed by atoms with van der Waals surface area (Å²) in [5.74, 6) is -2.19. The second kappa shape index (κ2) is 8.57. The Morgan fingerprint density at radius 2 is 1.53 bits per heavy atom. The van der Waals surface area contributed by atoms with Crippen molar-refractivity contribution in [2.75, 3.05) is 6.61 Å². The predicted molar refractivity (Wildman–Crippen MR) is 110 cm³/mol. The summed E-state index contributed by atoms with van der Waals surface area (Å²) in [4.78, 5) is 35.6. The number of aliphatic carboxylic acids is 1. The van der Waals surface area contributed by atoms with Crippen molar-refractivity contribution in [3.8, 4) is 11.1 Å². The number of rotatable bonds is 6. The topological polar surface area (TPSA) is 102 Å². The number of esters is 1. The third kappa shape index (κ3) is 4.97. The molecule has 158 valence electrons. The second-order valence-corrected chi connectivity index (χ2v) is 8.15. The normalized spacial score (nSPS) is 13.7. The molecule has 0 saturated carbocycles. The van der Waals surface area contributed by atoms with Crippen LogP contribution >= 0.6 is 0 Å². The van der Waals surface area contributed by atoms with Crippen LogP contribution in [0, 0.1) is 0 Å². The Morgan fingerprint density at radius 1 is 1.00 bits per heavy atom. The molecule has 1 unspecified atom stereocenters. The van der Waals surface area contributed by atoms with Crippen LogP contribution in [0.15, 0.2) is 48.5 Å². The van der Waals surface area contributed by atoms with E-state index >= 15 is 0 Å². The van der Waals surface area contributed by atoms with E-state index in [9.17, 15) is 19.5 Å². The standard InChI is InChI=1S/C23H25NO6/c1-23(2,3)30-20(25)12-19(21(26)27)24-22(28)29-13-18-16-10-6-4-8-14(16)15-9-5-7-11-17(15)18/h4-11,18-19H,12-13H2,1-3H3,(H,24,28)(H,26,27). The van der Waals surface area contributed by atoms with Crippen LogP contribution in [0.4, 0.5) is 4.79 Å². The fourth-order valence-electron chi connectivity index (χ4n) is 3.53. The highest BCUT2D eigenvalue weighted by Gasteiger charge is 2.30. The maximum atomic E-state index is 12.3. The Balaban J connectivity index is 1.64. The Bertz CT molecular complexity index is 917. The summed E-state index contributed by atoms with van der Waals surface area (Å²) in [6.07, 6.45) is -1.38. The number of benzene rings is 2. The molecule has 7 heteroatoms. The minimum Gasteiger partial charge on any atom is -0.480 e. The lowest BCUT2D eigenvalue weighted by Gasteiger charge is -2.21. The van der Waals surface area contributed by atoms with Crippen molar-refractivity contribution in [3.63, 3.8) is 0 Å². The van der Waals surface area contributed by atoms with E-state index < -0.39 is 36.1 Å². The molecule has 1 amide bonds. The van der Waals surface area contributed by atoms with E-state index in [2.05, 4.69) is 5.32 Å². The molecule has 0 saturated heterocycles. The number of carbonyl (C=O) groups is 3. The number of amides is 1. The van der Waals surface area contributed by atoms with Crippen molar-refractivity contribution in [2.45, 2.75) is 44.8 Å². The third-order valence-corrected chi connectivity index (χ3v) is 4.72. The monoisotopic (exact) mass is 411 g/mol. The van der Waals surface area contributed by atoms with Crippen LogP contribution in [0.3, 0.4) is 0 Å². The lowest BCUT2D eigenvalue weighted by atomic mass is 9.98. The summed E-state index contributed by atoms with van der Waals surface area (Å²) in [5, 5.41) is 11.6. The SMILES string of the molecule is CC(C)(C)OC(=O)CC(NC(=O)OCC1c2ccccc2-c2ccccc21)C(=O)O. The van der Waals surface area contributed by atoms with Gasteiger partial charge in [0.15, 0.2) is 0 Å². The molecule has 7 nitrogen and oxygen atoms in total. The molecule has 0 bridgehead atoms. The number of fused-ring (bicyclic) bond motifs is 3. The second-order valence-electron chi connectivity index (χ2n) is 8.15. The van der Waals surface area contributed by atoms with E-state index in [1.807, 2.05) is 48.5 Å². The molecule has 2 aromatic carbocycles. The van der Waals surface area contributed by atoms with Crippen molar-refractivity contribution < 1.29 is 29.0 Å². The summed E-state index contributed by atoms with van der Waals surface area (Å²) in [6.45, 7) is 5.09. The van der Waals surface area contributed by atoms with Gasteiger partial charge in [-0.15, -0.1) is 0 Å². The number of carbonyl (C=O) groups excluding carboxylic acids is 2. The maximum absolute atomic E-state index is 12.3. The van der Waals surface area contributed by atoms with Crippen LogP contribution in [-0.4, -0.2) is 41.4 Å². The molecule has 2 aromatic rings. The van der Waals surface area contributed by atoms with Gasteiger partial charge in [-0.2, -0.15) is 0 Å². The molecule has 0 aromatic heterocycles. The van der Waals surface area contributed by atoms with E-state index in [-0.39, 0.29) is 12.5 Å². The van der Waals surface area contributed by atoms with Crippen molar-refractivity contribution in [1.29, 1.82) is 0 Å². The zero-order chi connectivity index (χ0) is 21.9. The first kappa shape index (κ1) is 21.4. The minimum atomic E-state index is -1.43. The molecule has 3 rings (SSSR count). The Kier molecular flexibility index (Phi) is 6.10. The lowest BCUT2D eigenvalue weighted by Crippen LogP contribution is -2.43. The van der Waals surface area contributed by atoms with E-state index in [1.54, 1.807) is 20.8 Å². The lowest BCUT2D eigenvalue weighted by molar-refractivity contribution is -0.158. The predicted octanol–water partition coefficient (Wildman–Crippen LogP) is 3.71. The summed E-state index contributed by atoms with van der Waals surface area (Å²) in [7, 11) is 0. The number of hydrogen-bond donors (Lipinski definition) is 2. The summed E-state index contributed by atoms with van der Waals surface area (Å²) < 4.78 is 10.5. The fraction of sp³-hybridized carbons (Fsp3) is 0.348. The molecule has 0 aliphatic heterocycles. The van der Waals surface area contributed by atoms with E-state index in [1.165, 1.54) is 0 Å². The van der Waals surface area contributed by atoms with Crippen molar-refractivity contribution in [2.24, 2.45) is 0 Å².